The Balaban J connectivity index is 1.12. The van der Waals surface area contributed by atoms with Crippen molar-refractivity contribution in [2.75, 3.05) is 0 Å². The molecule has 0 fully saturated rings. The van der Waals surface area contributed by atoms with Gasteiger partial charge in [-0.15, -0.1) is 0 Å². The number of benzene rings is 9. The average molecular weight is 781 g/mol. The fourth-order valence-electron chi connectivity index (χ4n) is 9.17. The lowest BCUT2D eigenvalue weighted by molar-refractivity contribution is 0.668. The zero-order valence-corrected chi connectivity index (χ0v) is 32.6. The van der Waals surface area contributed by atoms with Crippen molar-refractivity contribution in [3.63, 3.8) is 0 Å². The summed E-state index contributed by atoms with van der Waals surface area (Å²) in [4.78, 5) is 15.9. The van der Waals surface area contributed by atoms with E-state index in [1.807, 2.05) is 42.5 Å². The van der Waals surface area contributed by atoms with E-state index in [2.05, 4.69) is 156 Å². The summed E-state index contributed by atoms with van der Waals surface area (Å²) in [6.45, 7) is 0. The third-order valence-corrected chi connectivity index (χ3v) is 12.0. The van der Waals surface area contributed by atoms with Crippen LogP contribution in [0.25, 0.3) is 127 Å². The second-order valence-electron chi connectivity index (χ2n) is 15.6. The summed E-state index contributed by atoms with van der Waals surface area (Å²) < 4.78 is 15.4. The van der Waals surface area contributed by atoms with Gasteiger partial charge in [0.25, 0.3) is 0 Å². The van der Waals surface area contributed by atoms with Crippen LogP contribution < -0.4 is 0 Å². The molecule has 0 saturated heterocycles. The van der Waals surface area contributed by atoms with Gasteiger partial charge < -0.3 is 13.4 Å². The van der Waals surface area contributed by atoms with Gasteiger partial charge >= 0.3 is 0 Å². The number of aromatic nitrogens is 4. The third kappa shape index (κ3) is 5.26. The van der Waals surface area contributed by atoms with E-state index in [9.17, 15) is 0 Å². The minimum Gasteiger partial charge on any atom is -0.456 e. The zero-order chi connectivity index (χ0) is 40.0. The molecule has 0 aliphatic carbocycles. The Bertz CT molecular complexity index is 3880. The summed E-state index contributed by atoms with van der Waals surface area (Å²) in [5.41, 5.74) is 11.2. The van der Waals surface area contributed by atoms with Crippen molar-refractivity contribution in [1.29, 1.82) is 0 Å². The number of hydrogen-bond donors (Lipinski definition) is 0. The van der Waals surface area contributed by atoms with Gasteiger partial charge in [-0.2, -0.15) is 0 Å². The van der Waals surface area contributed by atoms with Crippen molar-refractivity contribution in [2.24, 2.45) is 0 Å². The molecule has 0 amide bonds. The maximum atomic E-state index is 6.60. The fourth-order valence-corrected chi connectivity index (χ4v) is 9.17. The van der Waals surface area contributed by atoms with Gasteiger partial charge in [-0.25, -0.2) is 15.0 Å². The number of furan rings is 2. The molecule has 0 atom stereocenters. The number of fused-ring (bicyclic) bond motifs is 10. The van der Waals surface area contributed by atoms with Crippen LogP contribution in [0.15, 0.2) is 203 Å². The Hall–Kier alpha value is -8.35. The molecule has 284 valence electrons. The van der Waals surface area contributed by atoms with Crippen molar-refractivity contribution < 1.29 is 8.83 Å². The van der Waals surface area contributed by atoms with E-state index >= 15 is 0 Å². The average Bonchev–Trinajstić information content (AvgIpc) is 4.00. The highest BCUT2D eigenvalue weighted by atomic mass is 16.3. The Labute approximate surface area is 348 Å². The van der Waals surface area contributed by atoms with E-state index in [0.29, 0.717) is 17.5 Å². The van der Waals surface area contributed by atoms with Crippen LogP contribution in [0.3, 0.4) is 0 Å². The monoisotopic (exact) mass is 780 g/mol. The molecule has 0 radical (unpaired) electrons. The summed E-state index contributed by atoms with van der Waals surface area (Å²) in [6, 6.07) is 67.4. The van der Waals surface area contributed by atoms with Crippen LogP contribution in [0.2, 0.25) is 0 Å². The van der Waals surface area contributed by atoms with Gasteiger partial charge in [0.15, 0.2) is 17.5 Å². The number of rotatable bonds is 5. The molecule has 6 nitrogen and oxygen atoms in total. The first-order valence-corrected chi connectivity index (χ1v) is 20.4. The second-order valence-corrected chi connectivity index (χ2v) is 15.6. The van der Waals surface area contributed by atoms with Crippen molar-refractivity contribution in [2.45, 2.75) is 0 Å². The number of hydrogen-bond acceptors (Lipinski definition) is 5. The van der Waals surface area contributed by atoms with Gasteiger partial charge in [0.05, 0.1) is 22.1 Å². The smallest absolute Gasteiger partial charge is 0.166 e. The molecule has 13 rings (SSSR count). The highest BCUT2D eigenvalue weighted by Gasteiger charge is 2.25. The Morgan fingerprint density at radius 3 is 1.72 bits per heavy atom. The topological polar surface area (TPSA) is 69.9 Å². The first kappa shape index (κ1) is 33.6. The zero-order valence-electron chi connectivity index (χ0n) is 32.6. The van der Waals surface area contributed by atoms with Crippen molar-refractivity contribution in [3.05, 3.63) is 194 Å². The normalized spacial score (nSPS) is 11.9. The lowest BCUT2D eigenvalue weighted by Crippen LogP contribution is -2.04. The van der Waals surface area contributed by atoms with E-state index in [-0.39, 0.29) is 0 Å². The third-order valence-electron chi connectivity index (χ3n) is 12.0. The predicted octanol–water partition coefficient (Wildman–Crippen LogP) is 14.6. The SMILES string of the molecule is c1ccc(-c2ccc(-c3nc(-c4ccc5c(c4)oc4ccccc45)nc(-c4ccc5oc6ccccc6c5c4-n4c5ccccc5c5cc6ccccc6cc54)n3)cc2)cc1. The second kappa shape index (κ2) is 13.1. The molecule has 61 heavy (non-hydrogen) atoms. The Kier molecular flexibility index (Phi) is 7.21. The maximum absolute atomic E-state index is 6.60. The maximum Gasteiger partial charge on any atom is 0.166 e. The van der Waals surface area contributed by atoms with Crippen LogP contribution in [0.1, 0.15) is 0 Å². The van der Waals surface area contributed by atoms with Gasteiger partial charge in [-0.05, 0) is 76.5 Å². The van der Waals surface area contributed by atoms with E-state index < -0.39 is 0 Å². The van der Waals surface area contributed by atoms with E-state index in [4.69, 9.17) is 23.8 Å². The summed E-state index contributed by atoms with van der Waals surface area (Å²) >= 11 is 0. The van der Waals surface area contributed by atoms with Gasteiger partial charge in [-0.1, -0.05) is 140 Å². The van der Waals surface area contributed by atoms with E-state index in [1.165, 1.54) is 10.8 Å². The van der Waals surface area contributed by atoms with Gasteiger partial charge in [-0.3, -0.25) is 0 Å². The van der Waals surface area contributed by atoms with Gasteiger partial charge in [0.1, 0.15) is 22.3 Å². The van der Waals surface area contributed by atoms with Crippen LogP contribution in [0.4, 0.5) is 0 Å². The van der Waals surface area contributed by atoms with Crippen molar-refractivity contribution in [1.82, 2.24) is 19.5 Å². The molecule has 13 aromatic rings. The number of para-hydroxylation sites is 3. The summed E-state index contributed by atoms with van der Waals surface area (Å²) in [7, 11) is 0. The lowest BCUT2D eigenvalue weighted by atomic mass is 10.0. The molecular formula is C55H32N4O2. The fraction of sp³-hybridized carbons (Fsp3) is 0. The first-order valence-electron chi connectivity index (χ1n) is 20.4. The molecule has 9 aromatic carbocycles. The highest BCUT2D eigenvalue weighted by Crippen LogP contribution is 2.44. The largest absolute Gasteiger partial charge is 0.456 e. The molecule has 0 saturated carbocycles. The molecule has 0 unspecified atom stereocenters. The van der Waals surface area contributed by atoms with Gasteiger partial charge in [0, 0.05) is 43.6 Å². The number of nitrogens with zero attached hydrogens (tertiary/aromatic N) is 4. The van der Waals surface area contributed by atoms with E-state index in [1.54, 1.807) is 0 Å². The molecule has 0 aliphatic rings. The molecule has 0 aliphatic heterocycles. The minimum atomic E-state index is 0.547. The van der Waals surface area contributed by atoms with Crippen LogP contribution in [0.5, 0.6) is 0 Å². The molecule has 6 heteroatoms. The molecule has 4 heterocycles. The standard InChI is InChI=1S/C55H32N4O2/c1-2-12-33(13-3-1)34-22-24-35(25-23-34)53-56-54(38-26-27-41-40-17-7-10-20-47(40)61-50(41)32-38)58-55(57-53)43-28-29-49-51(42-18-8-11-21-48(42)60-49)52(43)59-45-19-9-6-16-39(45)44-30-36-14-4-5-15-37(36)31-46(44)59/h1-32H. The van der Waals surface area contributed by atoms with Crippen LogP contribution in [-0.2, 0) is 0 Å². The molecule has 0 N–H and O–H groups in total. The summed E-state index contributed by atoms with van der Waals surface area (Å²) in [5.74, 6) is 1.66. The summed E-state index contributed by atoms with van der Waals surface area (Å²) in [6.07, 6.45) is 0. The lowest BCUT2D eigenvalue weighted by Gasteiger charge is -2.16. The van der Waals surface area contributed by atoms with E-state index in [0.717, 1.165) is 99.2 Å². The Morgan fingerprint density at radius 1 is 0.328 bits per heavy atom. The summed E-state index contributed by atoms with van der Waals surface area (Å²) in [5, 5.41) is 8.80. The first-order chi connectivity index (χ1) is 30.2. The van der Waals surface area contributed by atoms with Crippen LogP contribution >= 0.6 is 0 Å². The molecule has 4 aromatic heterocycles. The molecular weight excluding hydrogens is 749 g/mol. The minimum absolute atomic E-state index is 0.547. The van der Waals surface area contributed by atoms with Gasteiger partial charge in [0.2, 0.25) is 0 Å². The predicted molar refractivity (Wildman–Crippen MR) is 248 cm³/mol. The highest BCUT2D eigenvalue weighted by molar-refractivity contribution is 6.18. The quantitative estimate of drug-likeness (QED) is 0.174. The van der Waals surface area contributed by atoms with Crippen LogP contribution in [0, 0.1) is 0 Å². The molecule has 0 bridgehead atoms. The van der Waals surface area contributed by atoms with Crippen LogP contribution in [-0.4, -0.2) is 19.5 Å². The molecule has 0 spiro atoms. The van der Waals surface area contributed by atoms with Crippen molar-refractivity contribution >= 4 is 76.5 Å². The van der Waals surface area contributed by atoms with Crippen molar-refractivity contribution in [3.8, 4) is 51.0 Å². The Morgan fingerprint density at radius 2 is 0.902 bits per heavy atom.